The predicted molar refractivity (Wildman–Crippen MR) is 115 cm³/mol. The van der Waals surface area contributed by atoms with Crippen LogP contribution in [0.1, 0.15) is 28.0 Å². The number of anilines is 4. The van der Waals surface area contributed by atoms with Crippen LogP contribution in [0.3, 0.4) is 0 Å². The minimum Gasteiger partial charge on any atom is -0.462 e. The van der Waals surface area contributed by atoms with Crippen LogP contribution in [0.4, 0.5) is 23.2 Å². The van der Waals surface area contributed by atoms with Gasteiger partial charge in [-0.1, -0.05) is 11.2 Å². The normalized spacial score (nSPS) is 13.5. The summed E-state index contributed by atoms with van der Waals surface area (Å²) in [5.41, 5.74) is 1.42. The van der Waals surface area contributed by atoms with Crippen LogP contribution in [0.2, 0.25) is 0 Å². The predicted octanol–water partition coefficient (Wildman–Crippen LogP) is 2.47. The number of carbonyl (C=O) groups is 2. The van der Waals surface area contributed by atoms with Crippen LogP contribution in [0.15, 0.2) is 47.0 Å². The summed E-state index contributed by atoms with van der Waals surface area (Å²) < 4.78 is 15.7. The van der Waals surface area contributed by atoms with Gasteiger partial charge in [-0.05, 0) is 37.3 Å². The van der Waals surface area contributed by atoms with E-state index in [0.717, 1.165) is 18.9 Å². The van der Waals surface area contributed by atoms with Gasteiger partial charge in [-0.15, -0.1) is 5.10 Å². The lowest BCUT2D eigenvalue weighted by Gasteiger charge is -2.27. The first-order chi connectivity index (χ1) is 15.6. The first-order valence-electron chi connectivity index (χ1n) is 10.1. The molecule has 166 valence electrons. The number of nitrogens with zero attached hydrogens (tertiary/aromatic N) is 4. The summed E-state index contributed by atoms with van der Waals surface area (Å²) in [6, 6.07) is 10.2. The van der Waals surface area contributed by atoms with Crippen molar-refractivity contribution < 1.29 is 23.5 Å². The van der Waals surface area contributed by atoms with E-state index in [4.69, 9.17) is 13.9 Å². The van der Waals surface area contributed by atoms with E-state index in [2.05, 4.69) is 30.7 Å². The molecule has 0 radical (unpaired) electrons. The summed E-state index contributed by atoms with van der Waals surface area (Å²) in [6.45, 7) is 4.91. The lowest BCUT2D eigenvalue weighted by atomic mass is 10.2. The smallest absolute Gasteiger partial charge is 0.338 e. The quantitative estimate of drug-likeness (QED) is 0.530. The zero-order valence-electron chi connectivity index (χ0n) is 17.4. The first kappa shape index (κ1) is 21.2. The van der Waals surface area contributed by atoms with Crippen LogP contribution in [-0.4, -0.2) is 60.0 Å². The van der Waals surface area contributed by atoms with Crippen molar-refractivity contribution in [2.75, 3.05) is 48.4 Å². The van der Waals surface area contributed by atoms with Gasteiger partial charge >= 0.3 is 23.8 Å². The Morgan fingerprint density at radius 2 is 1.97 bits per heavy atom. The summed E-state index contributed by atoms with van der Waals surface area (Å²) >= 11 is 0. The Morgan fingerprint density at radius 1 is 1.12 bits per heavy atom. The topological polar surface area (TPSA) is 132 Å². The first-order valence-corrected chi connectivity index (χ1v) is 10.1. The van der Waals surface area contributed by atoms with E-state index < -0.39 is 11.9 Å². The summed E-state index contributed by atoms with van der Waals surface area (Å²) in [5.74, 6) is -0.395. The van der Waals surface area contributed by atoms with E-state index in [1.807, 2.05) is 6.07 Å². The van der Waals surface area contributed by atoms with Crippen LogP contribution in [0, 0.1) is 0 Å². The Kier molecular flexibility index (Phi) is 6.56. The maximum atomic E-state index is 12.4. The minimum atomic E-state index is -0.563. The molecule has 4 rings (SSSR count). The molecule has 3 heterocycles. The van der Waals surface area contributed by atoms with Gasteiger partial charge in [0.15, 0.2) is 0 Å². The van der Waals surface area contributed by atoms with Crippen molar-refractivity contribution in [2.24, 2.45) is 0 Å². The molecule has 0 unspecified atom stereocenters. The number of carbonyl (C=O) groups excluding carboxylic acids is 2. The molecular weight excluding hydrogens is 416 g/mol. The molecule has 1 amide bonds. The Hall–Kier alpha value is -3.99. The van der Waals surface area contributed by atoms with Gasteiger partial charge in [0.1, 0.15) is 5.82 Å². The molecule has 1 saturated heterocycles. The standard InChI is InChI=1S/C21H22N6O5/c1-2-31-20(29)14-4-3-5-15(12-14)24-21-26-25-19(32-21)18(28)23-16-6-7-17(22-13-16)27-8-10-30-11-9-27/h3-7,12-13H,2,8-11H2,1H3,(H,23,28)(H,24,26). The summed E-state index contributed by atoms with van der Waals surface area (Å²) in [6.07, 6.45) is 1.57. The highest BCUT2D eigenvalue weighted by Gasteiger charge is 2.17. The van der Waals surface area contributed by atoms with Crippen molar-refractivity contribution in [1.82, 2.24) is 15.2 Å². The van der Waals surface area contributed by atoms with Crippen molar-refractivity contribution in [3.8, 4) is 0 Å². The number of pyridine rings is 1. The Balaban J connectivity index is 1.36. The molecule has 0 saturated carbocycles. The molecule has 11 heteroatoms. The Labute approximate surface area is 183 Å². The van der Waals surface area contributed by atoms with Gasteiger partial charge in [-0.2, -0.15) is 0 Å². The fourth-order valence-electron chi connectivity index (χ4n) is 3.05. The average molecular weight is 438 g/mol. The van der Waals surface area contributed by atoms with Crippen LogP contribution in [0.5, 0.6) is 0 Å². The lowest BCUT2D eigenvalue weighted by Crippen LogP contribution is -2.36. The number of amides is 1. The molecule has 1 fully saturated rings. The number of nitrogens with one attached hydrogen (secondary N) is 2. The maximum absolute atomic E-state index is 12.4. The van der Waals surface area contributed by atoms with Gasteiger partial charge in [-0.25, -0.2) is 9.78 Å². The summed E-state index contributed by atoms with van der Waals surface area (Å²) in [5, 5.41) is 13.1. The molecule has 0 atom stereocenters. The van der Waals surface area contributed by atoms with Crippen molar-refractivity contribution in [3.05, 3.63) is 54.0 Å². The second kappa shape index (κ2) is 9.88. The van der Waals surface area contributed by atoms with Crippen LogP contribution in [-0.2, 0) is 9.47 Å². The second-order valence-electron chi connectivity index (χ2n) is 6.80. The molecule has 1 aliphatic rings. The third-order valence-corrected chi connectivity index (χ3v) is 4.59. The highest BCUT2D eigenvalue weighted by molar-refractivity contribution is 6.00. The molecule has 2 N–H and O–H groups in total. The molecule has 0 aliphatic carbocycles. The lowest BCUT2D eigenvalue weighted by molar-refractivity contribution is 0.0526. The van der Waals surface area contributed by atoms with Crippen LogP contribution in [0.25, 0.3) is 0 Å². The largest absolute Gasteiger partial charge is 0.462 e. The molecule has 32 heavy (non-hydrogen) atoms. The Morgan fingerprint density at radius 3 is 2.72 bits per heavy atom. The van der Waals surface area contributed by atoms with E-state index in [-0.39, 0.29) is 18.5 Å². The van der Waals surface area contributed by atoms with Gasteiger partial charge in [-0.3, -0.25) is 4.79 Å². The van der Waals surface area contributed by atoms with E-state index in [1.54, 1.807) is 43.5 Å². The zero-order valence-corrected chi connectivity index (χ0v) is 17.4. The summed E-state index contributed by atoms with van der Waals surface area (Å²) in [7, 11) is 0. The number of rotatable bonds is 7. The van der Waals surface area contributed by atoms with E-state index in [0.29, 0.717) is 30.2 Å². The van der Waals surface area contributed by atoms with Crippen molar-refractivity contribution in [2.45, 2.75) is 6.92 Å². The van der Waals surface area contributed by atoms with E-state index in [1.165, 1.54) is 0 Å². The SMILES string of the molecule is CCOC(=O)c1cccc(Nc2nnc(C(=O)Nc3ccc(N4CCOCC4)nc3)o2)c1. The molecule has 11 nitrogen and oxygen atoms in total. The number of esters is 1. The van der Waals surface area contributed by atoms with Gasteiger partial charge in [0.05, 0.1) is 37.3 Å². The van der Waals surface area contributed by atoms with Crippen molar-refractivity contribution >= 4 is 35.1 Å². The number of morpholine rings is 1. The maximum Gasteiger partial charge on any atom is 0.338 e. The molecule has 0 bridgehead atoms. The number of hydrogen-bond acceptors (Lipinski definition) is 10. The fraction of sp³-hybridized carbons (Fsp3) is 0.286. The van der Waals surface area contributed by atoms with Gasteiger partial charge < -0.3 is 29.4 Å². The molecule has 0 spiro atoms. The number of aromatic nitrogens is 3. The molecule has 2 aromatic heterocycles. The molecule has 1 aliphatic heterocycles. The fourth-order valence-corrected chi connectivity index (χ4v) is 3.05. The third kappa shape index (κ3) is 5.19. The minimum absolute atomic E-state index is 0.0111. The highest BCUT2D eigenvalue weighted by atomic mass is 16.5. The van der Waals surface area contributed by atoms with Crippen molar-refractivity contribution in [1.29, 1.82) is 0 Å². The van der Waals surface area contributed by atoms with Crippen molar-refractivity contribution in [3.63, 3.8) is 0 Å². The number of hydrogen-bond donors (Lipinski definition) is 2. The van der Waals surface area contributed by atoms with Crippen LogP contribution < -0.4 is 15.5 Å². The molecular formula is C21H22N6O5. The summed E-state index contributed by atoms with van der Waals surface area (Å²) in [4.78, 5) is 30.8. The monoisotopic (exact) mass is 438 g/mol. The van der Waals surface area contributed by atoms with Gasteiger partial charge in [0, 0.05) is 18.8 Å². The number of benzene rings is 1. The second-order valence-corrected chi connectivity index (χ2v) is 6.80. The van der Waals surface area contributed by atoms with Gasteiger partial charge in [0.2, 0.25) is 0 Å². The van der Waals surface area contributed by atoms with Gasteiger partial charge in [0.25, 0.3) is 0 Å². The highest BCUT2D eigenvalue weighted by Crippen LogP contribution is 2.19. The zero-order chi connectivity index (χ0) is 22.3. The Bertz CT molecular complexity index is 1080. The van der Waals surface area contributed by atoms with Crippen LogP contribution >= 0.6 is 0 Å². The van der Waals surface area contributed by atoms with E-state index in [9.17, 15) is 9.59 Å². The average Bonchev–Trinajstić information content (AvgIpc) is 3.29. The number of ether oxygens (including phenoxy) is 2. The third-order valence-electron chi connectivity index (χ3n) is 4.59. The van der Waals surface area contributed by atoms with E-state index >= 15 is 0 Å². The molecule has 1 aromatic carbocycles. The molecule has 3 aromatic rings.